The Morgan fingerprint density at radius 3 is 2.44 bits per heavy atom. The van der Waals surface area contributed by atoms with Crippen molar-refractivity contribution in [3.63, 3.8) is 0 Å². The molecule has 1 unspecified atom stereocenters. The lowest BCUT2D eigenvalue weighted by Gasteiger charge is -1.94. The zero-order chi connectivity index (χ0) is 7.49. The van der Waals surface area contributed by atoms with Crippen molar-refractivity contribution in [2.45, 2.75) is 0 Å². The Labute approximate surface area is 57.2 Å². The van der Waals surface area contributed by atoms with Gasteiger partial charge in [0.2, 0.25) is 0 Å². The normalized spacial score (nSPS) is 15.7. The molecule has 0 heterocycles. The Hall–Kier alpha value is -0.460. The molecule has 52 valence electrons. The Morgan fingerprint density at radius 1 is 1.89 bits per heavy atom. The highest BCUT2D eigenvalue weighted by Gasteiger charge is 2.03. The van der Waals surface area contributed by atoms with Gasteiger partial charge in [-0.1, -0.05) is 6.58 Å². The first-order chi connectivity index (χ1) is 3.95. The van der Waals surface area contributed by atoms with Crippen LogP contribution in [0.15, 0.2) is 12.7 Å². The summed E-state index contributed by atoms with van der Waals surface area (Å²) in [5.41, 5.74) is 0. The molecular weight excluding hydrogens is 164 g/mol. The largest absolute Gasteiger partial charge is 0.345 e. The van der Waals surface area contributed by atoms with E-state index in [0.717, 1.165) is 6.08 Å². The fraction of sp³-hybridized carbons (Fsp3) is 0. The molecule has 0 amide bonds. The first-order valence-corrected chi connectivity index (χ1v) is 4.15. The van der Waals surface area contributed by atoms with Gasteiger partial charge < -0.3 is 4.18 Å². The monoisotopic (exact) mass is 168 g/mol. The van der Waals surface area contributed by atoms with Crippen LogP contribution in [0.2, 0.25) is 0 Å². The van der Waals surface area contributed by atoms with Gasteiger partial charge >= 0.3 is 15.0 Å². The third kappa shape index (κ3) is 5.41. The van der Waals surface area contributed by atoms with E-state index < -0.39 is 15.0 Å². The molecule has 0 spiro atoms. The van der Waals surface area contributed by atoms with Gasteiger partial charge in [-0.05, 0) is 0 Å². The minimum Gasteiger partial charge on any atom is -0.341 e. The number of hydrogen-bond acceptors (Lipinski definition) is 4. The molecule has 0 radical (unpaired) electrons. The van der Waals surface area contributed by atoms with E-state index in [0.29, 0.717) is 0 Å². The molecule has 0 saturated carbocycles. The van der Waals surface area contributed by atoms with E-state index >= 15 is 0 Å². The lowest BCUT2D eigenvalue weighted by Crippen LogP contribution is -2.07. The fourth-order valence-electron chi connectivity index (χ4n) is 0.138. The Morgan fingerprint density at radius 2 is 2.33 bits per heavy atom. The maximum absolute atomic E-state index is 10.1. The zero-order valence-corrected chi connectivity index (χ0v) is 5.91. The molecule has 0 aliphatic rings. The van der Waals surface area contributed by atoms with Crippen molar-refractivity contribution in [1.29, 1.82) is 0 Å². The molecule has 0 bridgehead atoms. The highest BCUT2D eigenvalue weighted by molar-refractivity contribution is 8.27. The second kappa shape index (κ2) is 2.90. The fourth-order valence-corrected chi connectivity index (χ4v) is 0.615. The maximum Gasteiger partial charge on any atom is 0.345 e. The van der Waals surface area contributed by atoms with E-state index in [1.807, 2.05) is 0 Å². The van der Waals surface area contributed by atoms with Gasteiger partial charge in [0, 0.05) is 6.08 Å². The lowest BCUT2D eigenvalue weighted by molar-refractivity contribution is -0.128. The minimum atomic E-state index is -3.82. The Bertz CT molecular complexity index is 214. The summed E-state index contributed by atoms with van der Waals surface area (Å²) in [6, 6.07) is 0. The van der Waals surface area contributed by atoms with Crippen molar-refractivity contribution in [2.24, 2.45) is 0 Å². The molecule has 0 rings (SSSR count). The van der Waals surface area contributed by atoms with Crippen LogP contribution >= 0.6 is 0 Å². The third-order valence-corrected chi connectivity index (χ3v) is 0.933. The molecule has 0 aromatic heterocycles. The first kappa shape index (κ1) is 8.54. The molecule has 0 aromatic carbocycles. The van der Waals surface area contributed by atoms with E-state index in [2.05, 4.69) is 22.0 Å². The topological polar surface area (TPSA) is 63.6 Å². The van der Waals surface area contributed by atoms with Crippen molar-refractivity contribution in [3.05, 3.63) is 12.7 Å². The maximum atomic E-state index is 10.1. The van der Waals surface area contributed by atoms with Gasteiger partial charge in [0.25, 0.3) is 0 Å². The van der Waals surface area contributed by atoms with Crippen molar-refractivity contribution in [2.75, 3.05) is 0 Å². The minimum absolute atomic E-state index is 0.752. The summed E-state index contributed by atoms with van der Waals surface area (Å²) >= 11 is 3.82. The number of carbonyl (C=O) groups excluding carboxylic acids is 1. The molecule has 4 nitrogen and oxygen atoms in total. The van der Waals surface area contributed by atoms with Crippen LogP contribution in [0.3, 0.4) is 0 Å². The average molecular weight is 168 g/mol. The van der Waals surface area contributed by atoms with Gasteiger partial charge in [0.15, 0.2) is 0 Å². The summed E-state index contributed by atoms with van der Waals surface area (Å²) in [4.78, 5) is 10.1. The molecule has 1 atom stereocenters. The van der Waals surface area contributed by atoms with Crippen molar-refractivity contribution in [1.82, 2.24) is 0 Å². The molecule has 0 aliphatic heterocycles. The SMILES string of the molecule is C=CC(=O)OS(=O)(O)=S. The quantitative estimate of drug-likeness (QED) is 0.581. The van der Waals surface area contributed by atoms with Crippen LogP contribution < -0.4 is 0 Å². The van der Waals surface area contributed by atoms with E-state index in [4.69, 9.17) is 4.55 Å². The van der Waals surface area contributed by atoms with Gasteiger partial charge in [-0.2, -0.15) is 4.21 Å². The van der Waals surface area contributed by atoms with Crippen LogP contribution in [0.25, 0.3) is 0 Å². The van der Waals surface area contributed by atoms with E-state index in [9.17, 15) is 9.00 Å². The highest BCUT2D eigenvalue weighted by atomic mass is 32.9. The smallest absolute Gasteiger partial charge is 0.341 e. The van der Waals surface area contributed by atoms with Crippen LogP contribution in [-0.4, -0.2) is 14.7 Å². The number of hydrogen-bond donors (Lipinski definition) is 1. The van der Waals surface area contributed by atoms with E-state index in [-0.39, 0.29) is 0 Å². The van der Waals surface area contributed by atoms with Crippen LogP contribution in [0.4, 0.5) is 0 Å². The highest BCUT2D eigenvalue weighted by Crippen LogP contribution is 1.87. The molecule has 6 heteroatoms. The Balaban J connectivity index is 4.06. The third-order valence-electron chi connectivity index (χ3n) is 0.354. The molecular formula is C3H4O4S2. The summed E-state index contributed by atoms with van der Waals surface area (Å²) in [6.07, 6.45) is 0.752. The van der Waals surface area contributed by atoms with Gasteiger partial charge in [0.1, 0.15) is 0 Å². The molecule has 0 saturated heterocycles. The number of carbonyl (C=O) groups is 1. The number of rotatable bonds is 2. The molecule has 0 aliphatic carbocycles. The summed E-state index contributed by atoms with van der Waals surface area (Å²) in [7, 11) is -3.82. The second-order valence-electron chi connectivity index (χ2n) is 1.03. The zero-order valence-electron chi connectivity index (χ0n) is 4.27. The van der Waals surface area contributed by atoms with E-state index in [1.54, 1.807) is 0 Å². The Kier molecular flexibility index (Phi) is 2.75. The first-order valence-electron chi connectivity index (χ1n) is 1.79. The lowest BCUT2D eigenvalue weighted by atomic mass is 10.7. The predicted octanol–water partition coefficient (Wildman–Crippen LogP) is -0.150. The van der Waals surface area contributed by atoms with Gasteiger partial charge in [-0.3, -0.25) is 4.55 Å². The van der Waals surface area contributed by atoms with Crippen LogP contribution in [0.1, 0.15) is 0 Å². The van der Waals surface area contributed by atoms with Crippen molar-refractivity contribution in [3.8, 4) is 0 Å². The van der Waals surface area contributed by atoms with Gasteiger partial charge in [-0.15, -0.1) is 0 Å². The molecule has 9 heavy (non-hydrogen) atoms. The van der Waals surface area contributed by atoms with E-state index in [1.165, 1.54) is 0 Å². The van der Waals surface area contributed by atoms with Gasteiger partial charge in [0.05, 0.1) is 11.2 Å². The summed E-state index contributed by atoms with van der Waals surface area (Å²) in [6.45, 7) is 2.99. The standard InChI is InChI=1S/C3H4O4S2/c1-2-3(4)7-9(5,6)8/h2H,1H2,(H,5,6,8). The summed E-state index contributed by atoms with van der Waals surface area (Å²) < 4.78 is 21.9. The van der Waals surface area contributed by atoms with Crippen molar-refractivity contribution < 1.29 is 17.7 Å². The van der Waals surface area contributed by atoms with Gasteiger partial charge in [-0.25, -0.2) is 4.79 Å². The van der Waals surface area contributed by atoms with Crippen LogP contribution in [0, 0.1) is 0 Å². The second-order valence-corrected chi connectivity index (χ2v) is 3.32. The van der Waals surface area contributed by atoms with Crippen LogP contribution in [0.5, 0.6) is 0 Å². The van der Waals surface area contributed by atoms with Crippen molar-refractivity contribution >= 4 is 26.2 Å². The molecule has 0 fully saturated rings. The predicted molar refractivity (Wildman–Crippen MR) is 34.4 cm³/mol. The molecule has 0 aromatic rings. The van der Waals surface area contributed by atoms with Crippen LogP contribution in [-0.2, 0) is 29.2 Å². The molecule has 1 N–H and O–H groups in total. The summed E-state index contributed by atoms with van der Waals surface area (Å²) in [5, 5.41) is 0. The summed E-state index contributed by atoms with van der Waals surface area (Å²) in [5.74, 6) is -1.00. The average Bonchev–Trinajstić information content (AvgIpc) is 1.62.